The highest BCUT2D eigenvalue weighted by atomic mass is 35.5. The smallest absolute Gasteiger partial charge is 0.204 e. The van der Waals surface area contributed by atoms with Crippen molar-refractivity contribution in [3.05, 3.63) is 29.8 Å². The topological polar surface area (TPSA) is 58.4 Å². The molecule has 0 bridgehead atoms. The molecular formula is C14H18ClN3O3. The molecule has 0 saturated heterocycles. The molecule has 0 N–H and O–H groups in total. The Balaban J connectivity index is 2.26. The molecule has 1 aromatic carbocycles. The molecule has 0 fully saturated rings. The molecule has 21 heavy (non-hydrogen) atoms. The summed E-state index contributed by atoms with van der Waals surface area (Å²) in [5, 5.41) is 4.11. The van der Waals surface area contributed by atoms with Crippen LogP contribution < -0.4 is 14.2 Å². The van der Waals surface area contributed by atoms with Crippen molar-refractivity contribution in [1.29, 1.82) is 0 Å². The lowest BCUT2D eigenvalue weighted by molar-refractivity contribution is 0.253. The minimum absolute atomic E-state index is 0.279. The Morgan fingerprint density at radius 1 is 1.19 bits per heavy atom. The number of nitrogens with zero attached hydrogens (tertiary/aromatic N) is 3. The van der Waals surface area contributed by atoms with Crippen LogP contribution in [0, 0.1) is 0 Å². The van der Waals surface area contributed by atoms with Gasteiger partial charge in [0.1, 0.15) is 12.9 Å². The predicted molar refractivity (Wildman–Crippen MR) is 79.1 cm³/mol. The molecular weight excluding hydrogens is 294 g/mol. The molecule has 0 saturated carbocycles. The second-order valence-electron chi connectivity index (χ2n) is 4.24. The summed E-state index contributed by atoms with van der Waals surface area (Å²) in [6, 6.07) is 3.66. The molecule has 0 unspecified atom stereocenters. The maximum absolute atomic E-state index is 5.86. The van der Waals surface area contributed by atoms with Crippen LogP contribution in [0.4, 0.5) is 0 Å². The van der Waals surface area contributed by atoms with Gasteiger partial charge in [0.2, 0.25) is 5.75 Å². The van der Waals surface area contributed by atoms with Crippen molar-refractivity contribution in [2.75, 3.05) is 14.2 Å². The summed E-state index contributed by atoms with van der Waals surface area (Å²) in [6.45, 7) is 3.01. The fourth-order valence-corrected chi connectivity index (χ4v) is 2.11. The second kappa shape index (κ2) is 7.17. The van der Waals surface area contributed by atoms with Gasteiger partial charge in [0.25, 0.3) is 0 Å². The maximum Gasteiger partial charge on any atom is 0.204 e. The van der Waals surface area contributed by atoms with E-state index in [-0.39, 0.29) is 6.61 Å². The van der Waals surface area contributed by atoms with Gasteiger partial charge in [0, 0.05) is 12.4 Å². The van der Waals surface area contributed by atoms with Gasteiger partial charge in [-0.1, -0.05) is 0 Å². The van der Waals surface area contributed by atoms with E-state index in [9.17, 15) is 0 Å². The van der Waals surface area contributed by atoms with Crippen molar-refractivity contribution in [3.8, 4) is 17.2 Å². The molecule has 0 aliphatic rings. The van der Waals surface area contributed by atoms with Crippen molar-refractivity contribution in [3.63, 3.8) is 0 Å². The Morgan fingerprint density at radius 3 is 2.38 bits per heavy atom. The average Bonchev–Trinajstić information content (AvgIpc) is 2.99. The Hall–Kier alpha value is -1.95. The summed E-state index contributed by atoms with van der Waals surface area (Å²) in [5.74, 6) is 2.79. The number of benzene rings is 1. The Kier molecular flexibility index (Phi) is 5.27. The summed E-state index contributed by atoms with van der Waals surface area (Å²) in [5.41, 5.74) is 0.898. The van der Waals surface area contributed by atoms with Crippen molar-refractivity contribution in [2.45, 2.75) is 26.0 Å². The number of hydrogen-bond acceptors (Lipinski definition) is 5. The Morgan fingerprint density at radius 2 is 1.86 bits per heavy atom. The number of aromatic nitrogens is 3. The minimum Gasteiger partial charge on any atom is -0.493 e. The van der Waals surface area contributed by atoms with Crippen LogP contribution in [-0.2, 0) is 19.0 Å². The number of alkyl halides is 1. The molecule has 7 heteroatoms. The SMILES string of the molecule is CCn1ncnc1COc1c(OC)cc(CCl)cc1OC. The number of ether oxygens (including phenoxy) is 3. The van der Waals surface area contributed by atoms with E-state index < -0.39 is 0 Å². The van der Waals surface area contributed by atoms with Gasteiger partial charge in [-0.25, -0.2) is 9.67 Å². The van der Waals surface area contributed by atoms with Crippen LogP contribution in [0.2, 0.25) is 0 Å². The number of rotatable bonds is 7. The van der Waals surface area contributed by atoms with Crippen LogP contribution in [0.3, 0.4) is 0 Å². The lowest BCUT2D eigenvalue weighted by Gasteiger charge is -2.15. The van der Waals surface area contributed by atoms with E-state index in [4.69, 9.17) is 25.8 Å². The van der Waals surface area contributed by atoms with Gasteiger partial charge in [-0.3, -0.25) is 0 Å². The van der Waals surface area contributed by atoms with E-state index in [1.165, 1.54) is 6.33 Å². The van der Waals surface area contributed by atoms with E-state index in [1.54, 1.807) is 18.9 Å². The first-order chi connectivity index (χ1) is 10.2. The quantitative estimate of drug-likeness (QED) is 0.736. The fraction of sp³-hybridized carbons (Fsp3) is 0.429. The number of hydrogen-bond donors (Lipinski definition) is 0. The molecule has 2 aromatic rings. The fourth-order valence-electron chi connectivity index (χ4n) is 1.95. The molecule has 2 rings (SSSR count). The van der Waals surface area contributed by atoms with Crippen LogP contribution in [0.15, 0.2) is 18.5 Å². The molecule has 6 nitrogen and oxygen atoms in total. The van der Waals surface area contributed by atoms with E-state index in [2.05, 4.69) is 10.1 Å². The van der Waals surface area contributed by atoms with Crippen LogP contribution >= 0.6 is 11.6 Å². The van der Waals surface area contributed by atoms with Crippen LogP contribution in [-0.4, -0.2) is 29.0 Å². The number of aryl methyl sites for hydroxylation is 1. The lowest BCUT2D eigenvalue weighted by Crippen LogP contribution is -2.08. The van der Waals surface area contributed by atoms with Gasteiger partial charge >= 0.3 is 0 Å². The lowest BCUT2D eigenvalue weighted by atomic mass is 10.2. The van der Waals surface area contributed by atoms with E-state index >= 15 is 0 Å². The zero-order valence-electron chi connectivity index (χ0n) is 12.3. The summed E-state index contributed by atoms with van der Waals surface area (Å²) in [7, 11) is 3.16. The third-order valence-electron chi connectivity index (χ3n) is 3.02. The molecule has 0 aliphatic carbocycles. The van der Waals surface area contributed by atoms with Crippen molar-refractivity contribution in [2.24, 2.45) is 0 Å². The van der Waals surface area contributed by atoms with E-state index in [0.717, 1.165) is 17.9 Å². The zero-order chi connectivity index (χ0) is 15.2. The van der Waals surface area contributed by atoms with Gasteiger partial charge in [0.05, 0.1) is 14.2 Å². The number of methoxy groups -OCH3 is 2. The zero-order valence-corrected chi connectivity index (χ0v) is 13.1. The van der Waals surface area contributed by atoms with Crippen LogP contribution in [0.5, 0.6) is 17.2 Å². The summed E-state index contributed by atoms with van der Waals surface area (Å²) in [4.78, 5) is 4.17. The predicted octanol–water partition coefficient (Wildman–Crippen LogP) is 2.63. The van der Waals surface area contributed by atoms with Gasteiger partial charge in [-0.2, -0.15) is 5.10 Å². The first kappa shape index (κ1) is 15.4. The molecule has 1 heterocycles. The average molecular weight is 312 g/mol. The van der Waals surface area contributed by atoms with Gasteiger partial charge in [-0.05, 0) is 24.6 Å². The second-order valence-corrected chi connectivity index (χ2v) is 4.51. The first-order valence-electron chi connectivity index (χ1n) is 6.53. The normalized spacial score (nSPS) is 10.5. The summed E-state index contributed by atoms with van der Waals surface area (Å²) in [6.07, 6.45) is 1.51. The molecule has 0 aliphatic heterocycles. The largest absolute Gasteiger partial charge is 0.493 e. The van der Waals surface area contributed by atoms with Gasteiger partial charge in [0.15, 0.2) is 17.3 Å². The Bertz CT molecular complexity index is 576. The monoisotopic (exact) mass is 311 g/mol. The highest BCUT2D eigenvalue weighted by Crippen LogP contribution is 2.39. The highest BCUT2D eigenvalue weighted by Gasteiger charge is 2.15. The standard InChI is InChI=1S/C14H18ClN3O3/c1-4-18-13(16-9-17-18)8-21-14-11(19-2)5-10(7-15)6-12(14)20-3/h5-6,9H,4,7-8H2,1-3H3. The first-order valence-corrected chi connectivity index (χ1v) is 7.07. The summed E-state index contributed by atoms with van der Waals surface area (Å²) < 4.78 is 18.3. The third kappa shape index (κ3) is 3.39. The molecule has 1 aromatic heterocycles. The van der Waals surface area contributed by atoms with Crippen molar-refractivity contribution in [1.82, 2.24) is 14.8 Å². The minimum atomic E-state index is 0.279. The molecule has 0 radical (unpaired) electrons. The third-order valence-corrected chi connectivity index (χ3v) is 3.32. The molecule has 0 atom stereocenters. The van der Waals surface area contributed by atoms with Crippen molar-refractivity contribution < 1.29 is 14.2 Å². The van der Waals surface area contributed by atoms with E-state index in [1.807, 2.05) is 19.1 Å². The number of halogens is 1. The molecule has 0 spiro atoms. The summed E-state index contributed by atoms with van der Waals surface area (Å²) >= 11 is 5.86. The van der Waals surface area contributed by atoms with Crippen LogP contribution in [0.1, 0.15) is 18.3 Å². The van der Waals surface area contributed by atoms with Gasteiger partial charge in [-0.15, -0.1) is 11.6 Å². The molecule has 114 valence electrons. The Labute approximate surface area is 128 Å². The molecule has 0 amide bonds. The van der Waals surface area contributed by atoms with E-state index in [0.29, 0.717) is 23.1 Å². The van der Waals surface area contributed by atoms with Crippen LogP contribution in [0.25, 0.3) is 0 Å². The van der Waals surface area contributed by atoms with Gasteiger partial charge < -0.3 is 14.2 Å². The maximum atomic E-state index is 5.86. The highest BCUT2D eigenvalue weighted by molar-refractivity contribution is 6.17. The van der Waals surface area contributed by atoms with Crippen molar-refractivity contribution >= 4 is 11.6 Å².